The van der Waals surface area contributed by atoms with E-state index < -0.39 is 0 Å². The summed E-state index contributed by atoms with van der Waals surface area (Å²) in [6.07, 6.45) is 5.62. The van der Waals surface area contributed by atoms with Crippen molar-refractivity contribution in [1.82, 2.24) is 14.8 Å². The minimum absolute atomic E-state index is 0.149. The van der Waals surface area contributed by atoms with Gasteiger partial charge in [-0.15, -0.1) is 0 Å². The lowest BCUT2D eigenvalue weighted by atomic mass is 9.85. The first-order valence-electron chi connectivity index (χ1n) is 4.90. The van der Waals surface area contributed by atoms with E-state index in [1.54, 1.807) is 6.33 Å². The Hall–Kier alpha value is -0.900. The molecule has 1 saturated carbocycles. The zero-order valence-corrected chi connectivity index (χ0v) is 7.98. The maximum Gasteiger partial charge on any atom is 0.153 e. The molecule has 1 atom stereocenters. The lowest BCUT2D eigenvalue weighted by molar-refractivity contribution is 0.397. The van der Waals surface area contributed by atoms with Crippen LogP contribution < -0.4 is 5.73 Å². The van der Waals surface area contributed by atoms with E-state index in [0.717, 1.165) is 12.4 Å². The SMILES string of the molecule is CC(N)Cn1cnc(C2CCC2)n1. The van der Waals surface area contributed by atoms with Crippen LogP contribution in [0, 0.1) is 0 Å². The van der Waals surface area contributed by atoms with Gasteiger partial charge in [-0.25, -0.2) is 4.98 Å². The largest absolute Gasteiger partial charge is 0.326 e. The molecule has 0 spiro atoms. The highest BCUT2D eigenvalue weighted by molar-refractivity contribution is 4.98. The highest BCUT2D eigenvalue weighted by Crippen LogP contribution is 2.33. The highest BCUT2D eigenvalue weighted by Gasteiger charge is 2.23. The number of rotatable bonds is 3. The second-order valence-electron chi connectivity index (χ2n) is 3.93. The third kappa shape index (κ3) is 1.88. The highest BCUT2D eigenvalue weighted by atomic mass is 15.3. The molecule has 1 aliphatic carbocycles. The molecule has 0 saturated heterocycles. The molecule has 72 valence electrons. The average Bonchev–Trinajstić information content (AvgIpc) is 2.31. The van der Waals surface area contributed by atoms with Crippen molar-refractivity contribution in [1.29, 1.82) is 0 Å². The minimum Gasteiger partial charge on any atom is -0.326 e. The van der Waals surface area contributed by atoms with Crippen LogP contribution >= 0.6 is 0 Å². The Kier molecular flexibility index (Phi) is 2.31. The van der Waals surface area contributed by atoms with Crippen molar-refractivity contribution in [2.75, 3.05) is 0 Å². The molecule has 1 aromatic rings. The Morgan fingerprint density at radius 3 is 3.00 bits per heavy atom. The van der Waals surface area contributed by atoms with Crippen LogP contribution in [0.4, 0.5) is 0 Å². The minimum atomic E-state index is 0.149. The number of nitrogens with zero attached hydrogens (tertiary/aromatic N) is 3. The Labute approximate surface area is 78.1 Å². The lowest BCUT2D eigenvalue weighted by Crippen LogP contribution is -2.22. The van der Waals surface area contributed by atoms with Crippen LogP contribution in [0.15, 0.2) is 6.33 Å². The second-order valence-corrected chi connectivity index (χ2v) is 3.93. The van der Waals surface area contributed by atoms with E-state index in [4.69, 9.17) is 5.73 Å². The van der Waals surface area contributed by atoms with Crippen LogP contribution in [0.25, 0.3) is 0 Å². The van der Waals surface area contributed by atoms with Crippen LogP contribution in [0.5, 0.6) is 0 Å². The normalized spacial score (nSPS) is 19.8. The van der Waals surface area contributed by atoms with Gasteiger partial charge in [0.15, 0.2) is 5.82 Å². The van der Waals surface area contributed by atoms with E-state index in [2.05, 4.69) is 10.1 Å². The van der Waals surface area contributed by atoms with E-state index in [-0.39, 0.29) is 6.04 Å². The first kappa shape index (κ1) is 8.69. The number of aromatic nitrogens is 3. The fourth-order valence-corrected chi connectivity index (χ4v) is 1.55. The predicted octanol–water partition coefficient (Wildman–Crippen LogP) is 0.893. The molecule has 0 aromatic carbocycles. The Balaban J connectivity index is 2.00. The monoisotopic (exact) mass is 180 g/mol. The molecular formula is C9H16N4. The van der Waals surface area contributed by atoms with Crippen molar-refractivity contribution in [3.8, 4) is 0 Å². The van der Waals surface area contributed by atoms with Gasteiger partial charge in [0, 0.05) is 12.0 Å². The molecule has 1 aliphatic rings. The second kappa shape index (κ2) is 3.46. The van der Waals surface area contributed by atoms with Crippen LogP contribution in [0.2, 0.25) is 0 Å². The van der Waals surface area contributed by atoms with Crippen LogP contribution in [0.1, 0.15) is 37.9 Å². The summed E-state index contributed by atoms with van der Waals surface area (Å²) in [6.45, 7) is 2.74. The van der Waals surface area contributed by atoms with Gasteiger partial charge in [-0.3, -0.25) is 4.68 Å². The van der Waals surface area contributed by atoms with Gasteiger partial charge in [0.1, 0.15) is 6.33 Å². The van der Waals surface area contributed by atoms with Gasteiger partial charge < -0.3 is 5.73 Å². The summed E-state index contributed by atoms with van der Waals surface area (Å²) in [5.74, 6) is 1.63. The smallest absolute Gasteiger partial charge is 0.153 e. The average molecular weight is 180 g/mol. The van der Waals surface area contributed by atoms with Crippen molar-refractivity contribution in [2.45, 2.75) is 44.7 Å². The third-order valence-electron chi connectivity index (χ3n) is 2.50. The van der Waals surface area contributed by atoms with Crippen molar-refractivity contribution < 1.29 is 0 Å². The standard InChI is InChI=1S/C9H16N4/c1-7(10)5-13-6-11-9(12-13)8-3-2-4-8/h6-8H,2-5,10H2,1H3. The molecule has 2 rings (SSSR count). The Bertz CT molecular complexity index is 275. The van der Waals surface area contributed by atoms with Crippen LogP contribution in [-0.2, 0) is 6.54 Å². The molecule has 4 heteroatoms. The summed E-state index contributed by atoms with van der Waals surface area (Å²) in [7, 11) is 0. The molecule has 0 amide bonds. The third-order valence-corrected chi connectivity index (χ3v) is 2.50. The summed E-state index contributed by atoms with van der Waals surface area (Å²) in [5, 5.41) is 4.40. The molecule has 1 fully saturated rings. The van der Waals surface area contributed by atoms with Gasteiger partial charge in [0.25, 0.3) is 0 Å². The Morgan fingerprint density at radius 2 is 2.46 bits per heavy atom. The first-order chi connectivity index (χ1) is 6.25. The van der Waals surface area contributed by atoms with E-state index in [1.807, 2.05) is 11.6 Å². The summed E-state index contributed by atoms with van der Waals surface area (Å²) < 4.78 is 1.85. The molecule has 13 heavy (non-hydrogen) atoms. The van der Waals surface area contributed by atoms with Gasteiger partial charge in [-0.1, -0.05) is 6.42 Å². The molecule has 1 unspecified atom stereocenters. The maximum atomic E-state index is 5.67. The van der Waals surface area contributed by atoms with E-state index in [9.17, 15) is 0 Å². The van der Waals surface area contributed by atoms with Crippen molar-refractivity contribution in [3.05, 3.63) is 12.2 Å². The fraction of sp³-hybridized carbons (Fsp3) is 0.778. The van der Waals surface area contributed by atoms with Gasteiger partial charge in [0.2, 0.25) is 0 Å². The first-order valence-corrected chi connectivity index (χ1v) is 4.90. The summed E-state index contributed by atoms with van der Waals surface area (Å²) in [6, 6.07) is 0.149. The summed E-state index contributed by atoms with van der Waals surface area (Å²) in [5.41, 5.74) is 5.67. The molecule has 0 aliphatic heterocycles. The molecule has 0 bridgehead atoms. The van der Waals surface area contributed by atoms with Crippen molar-refractivity contribution in [3.63, 3.8) is 0 Å². The molecule has 1 heterocycles. The quantitative estimate of drug-likeness (QED) is 0.751. The number of nitrogens with two attached hydrogens (primary N) is 1. The molecule has 1 aromatic heterocycles. The fourth-order valence-electron chi connectivity index (χ4n) is 1.55. The number of hydrogen-bond donors (Lipinski definition) is 1. The van der Waals surface area contributed by atoms with Gasteiger partial charge in [-0.05, 0) is 19.8 Å². The zero-order valence-electron chi connectivity index (χ0n) is 7.98. The summed E-state index contributed by atoms with van der Waals surface area (Å²) in [4.78, 5) is 4.29. The van der Waals surface area contributed by atoms with Crippen molar-refractivity contribution >= 4 is 0 Å². The van der Waals surface area contributed by atoms with E-state index in [0.29, 0.717) is 5.92 Å². The van der Waals surface area contributed by atoms with Gasteiger partial charge in [0.05, 0.1) is 6.54 Å². The molecule has 2 N–H and O–H groups in total. The van der Waals surface area contributed by atoms with Crippen LogP contribution in [0.3, 0.4) is 0 Å². The molecule has 4 nitrogen and oxygen atoms in total. The van der Waals surface area contributed by atoms with E-state index in [1.165, 1.54) is 19.3 Å². The number of hydrogen-bond acceptors (Lipinski definition) is 3. The summed E-state index contributed by atoms with van der Waals surface area (Å²) >= 11 is 0. The van der Waals surface area contributed by atoms with Gasteiger partial charge in [-0.2, -0.15) is 5.10 Å². The maximum absolute atomic E-state index is 5.67. The zero-order chi connectivity index (χ0) is 9.26. The van der Waals surface area contributed by atoms with Crippen LogP contribution in [-0.4, -0.2) is 20.8 Å². The van der Waals surface area contributed by atoms with Crippen molar-refractivity contribution in [2.24, 2.45) is 5.73 Å². The Morgan fingerprint density at radius 1 is 1.69 bits per heavy atom. The lowest BCUT2D eigenvalue weighted by Gasteiger charge is -2.21. The predicted molar refractivity (Wildman–Crippen MR) is 50.3 cm³/mol. The topological polar surface area (TPSA) is 56.7 Å². The van der Waals surface area contributed by atoms with E-state index >= 15 is 0 Å². The molecule has 0 radical (unpaired) electrons. The molecular weight excluding hydrogens is 164 g/mol. The van der Waals surface area contributed by atoms with Gasteiger partial charge >= 0.3 is 0 Å².